The van der Waals surface area contributed by atoms with E-state index >= 15 is 0 Å². The van der Waals surface area contributed by atoms with Crippen LogP contribution in [0.5, 0.6) is 0 Å². The third-order valence-electron chi connectivity index (χ3n) is 16.1. The Kier molecular flexibility index (Phi) is 17.2. The number of aliphatic hydroxyl groups is 4. The molecule has 1 heterocycles. The molecule has 1 saturated heterocycles. The second-order valence-corrected chi connectivity index (χ2v) is 20.2. The Morgan fingerprint density at radius 1 is 0.768 bits per heavy atom. The number of fused-ring (bicyclic) bond motifs is 5. The molecule has 15 atom stereocenters. The van der Waals surface area contributed by atoms with Gasteiger partial charge < -0.3 is 34.6 Å². The Bertz CT molecular complexity index is 1230. The highest BCUT2D eigenvalue weighted by atomic mass is 16.7. The van der Waals surface area contributed by atoms with Crippen LogP contribution < -0.4 is 0 Å². The molecule has 0 bridgehead atoms. The van der Waals surface area contributed by atoms with Gasteiger partial charge in [0, 0.05) is 12.3 Å². The molecule has 4 saturated carbocycles. The van der Waals surface area contributed by atoms with Gasteiger partial charge in [0.15, 0.2) is 12.1 Å². The van der Waals surface area contributed by atoms with E-state index in [1.54, 1.807) is 0 Å². The average Bonchev–Trinajstić information content (AvgIpc) is 3.53. The summed E-state index contributed by atoms with van der Waals surface area (Å²) in [6.45, 7) is 13.8. The van der Waals surface area contributed by atoms with E-state index < -0.39 is 42.9 Å². The number of hydrogen-bond acceptors (Lipinski definition) is 9. The number of rotatable bonds is 21. The van der Waals surface area contributed by atoms with Crippen LogP contribution in [-0.4, -0.2) is 81.7 Å². The second kappa shape index (κ2) is 20.9. The topological polar surface area (TPSA) is 143 Å². The molecule has 0 amide bonds. The highest BCUT2D eigenvalue weighted by Gasteiger charge is 2.65. The van der Waals surface area contributed by atoms with Gasteiger partial charge in [0.2, 0.25) is 0 Å². The minimum absolute atomic E-state index is 0.00802. The lowest BCUT2D eigenvalue weighted by Crippen LogP contribution is -2.63. The zero-order valence-electron chi connectivity index (χ0n) is 36.2. The molecular formula is C47H82O9. The zero-order chi connectivity index (χ0) is 40.6. The third kappa shape index (κ3) is 10.6. The quantitative estimate of drug-likeness (QED) is 0.0510. The van der Waals surface area contributed by atoms with Gasteiger partial charge in [0.25, 0.3) is 0 Å². The van der Waals surface area contributed by atoms with Gasteiger partial charge in [-0.2, -0.15) is 0 Å². The molecule has 0 radical (unpaired) electrons. The Morgan fingerprint density at radius 2 is 1.39 bits per heavy atom. The highest BCUT2D eigenvalue weighted by Crippen LogP contribution is 2.68. The van der Waals surface area contributed by atoms with Crippen molar-refractivity contribution in [1.29, 1.82) is 0 Å². The predicted octanol–water partition coefficient (Wildman–Crippen LogP) is 8.69. The van der Waals surface area contributed by atoms with Gasteiger partial charge in [0.05, 0.1) is 6.10 Å². The van der Waals surface area contributed by atoms with Crippen LogP contribution in [0.25, 0.3) is 0 Å². The van der Waals surface area contributed by atoms with Crippen molar-refractivity contribution in [2.24, 2.45) is 52.3 Å². The number of unbranched alkanes of at least 4 members (excludes halogenated alkanes) is 10. The van der Waals surface area contributed by atoms with E-state index in [2.05, 4.69) is 41.5 Å². The van der Waals surface area contributed by atoms with E-state index in [4.69, 9.17) is 14.2 Å². The van der Waals surface area contributed by atoms with Crippen LogP contribution in [0, 0.1) is 52.3 Å². The molecule has 5 aliphatic rings. The van der Waals surface area contributed by atoms with Crippen LogP contribution in [0.2, 0.25) is 0 Å². The average molecular weight is 791 g/mol. The first kappa shape index (κ1) is 46.0. The largest absolute Gasteiger partial charge is 0.463 e. The Morgan fingerprint density at radius 3 is 2.05 bits per heavy atom. The van der Waals surface area contributed by atoms with E-state index in [0.29, 0.717) is 30.6 Å². The number of carbonyl (C=O) groups excluding carboxylic acids is 2. The number of Topliss-reactive ketones (excluding diaryl/α,β-unsaturated/α-hetero) is 1. The first-order valence-corrected chi connectivity index (χ1v) is 23.4. The van der Waals surface area contributed by atoms with Crippen molar-refractivity contribution in [1.82, 2.24) is 0 Å². The summed E-state index contributed by atoms with van der Waals surface area (Å²) < 4.78 is 17.7. The fourth-order valence-corrected chi connectivity index (χ4v) is 12.7. The van der Waals surface area contributed by atoms with E-state index in [0.717, 1.165) is 50.9 Å². The van der Waals surface area contributed by atoms with Crippen LogP contribution in [0.15, 0.2) is 0 Å². The van der Waals surface area contributed by atoms with Crippen LogP contribution in [-0.2, 0) is 23.8 Å². The summed E-state index contributed by atoms with van der Waals surface area (Å²) in [5.41, 5.74) is -0.0872. The van der Waals surface area contributed by atoms with Gasteiger partial charge in [-0.3, -0.25) is 9.59 Å². The smallest absolute Gasteiger partial charge is 0.305 e. The summed E-state index contributed by atoms with van der Waals surface area (Å²) in [6, 6.07) is 0. The SMILES string of the molecule is CCCCCCCCCCCCCC(=O)OC[C@H]1O[C@H](OC2CC[C@@]3(C)C(C2)C(=O)C(O)C2C3CC[C@@]3(C)C2CC[C@@H]3[C@H](C)CCCC(C)C)[C@@H](O)[C@@H](O)[C@H]1O. The van der Waals surface area contributed by atoms with Crippen molar-refractivity contribution >= 4 is 11.8 Å². The number of carbonyl (C=O) groups is 2. The van der Waals surface area contributed by atoms with E-state index in [-0.39, 0.29) is 53.4 Å². The lowest BCUT2D eigenvalue weighted by molar-refractivity contribution is -0.316. The highest BCUT2D eigenvalue weighted by molar-refractivity contribution is 5.87. The van der Waals surface area contributed by atoms with Gasteiger partial charge in [-0.25, -0.2) is 0 Å². The van der Waals surface area contributed by atoms with Gasteiger partial charge in [0.1, 0.15) is 37.1 Å². The summed E-state index contributed by atoms with van der Waals surface area (Å²) in [6.07, 6.45) is 15.3. The number of ketones is 1. The zero-order valence-corrected chi connectivity index (χ0v) is 36.2. The molecular weight excluding hydrogens is 709 g/mol. The summed E-state index contributed by atoms with van der Waals surface area (Å²) in [4.78, 5) is 26.8. The number of aliphatic hydroxyl groups excluding tert-OH is 4. The molecule has 6 unspecified atom stereocenters. The van der Waals surface area contributed by atoms with Gasteiger partial charge in [-0.1, -0.05) is 125 Å². The maximum Gasteiger partial charge on any atom is 0.305 e. The molecule has 1 aliphatic heterocycles. The van der Waals surface area contributed by atoms with Crippen molar-refractivity contribution in [3.8, 4) is 0 Å². The first-order valence-electron chi connectivity index (χ1n) is 23.4. The third-order valence-corrected chi connectivity index (χ3v) is 16.1. The van der Waals surface area contributed by atoms with Crippen LogP contribution in [0.3, 0.4) is 0 Å². The molecule has 5 fully saturated rings. The van der Waals surface area contributed by atoms with Gasteiger partial charge >= 0.3 is 5.97 Å². The predicted molar refractivity (Wildman–Crippen MR) is 218 cm³/mol. The number of ether oxygens (including phenoxy) is 3. The van der Waals surface area contributed by atoms with Crippen molar-refractivity contribution in [3.63, 3.8) is 0 Å². The molecule has 0 spiro atoms. The van der Waals surface area contributed by atoms with Crippen molar-refractivity contribution in [2.75, 3.05) is 6.61 Å². The molecule has 4 aliphatic carbocycles. The number of hydrogen-bond donors (Lipinski definition) is 4. The Hall–Kier alpha value is -1.10. The van der Waals surface area contributed by atoms with Crippen molar-refractivity contribution in [2.45, 2.75) is 226 Å². The molecule has 0 aromatic carbocycles. The van der Waals surface area contributed by atoms with Gasteiger partial charge in [-0.05, 0) is 97.7 Å². The van der Waals surface area contributed by atoms with Crippen LogP contribution >= 0.6 is 0 Å². The fourth-order valence-electron chi connectivity index (χ4n) is 12.7. The van der Waals surface area contributed by atoms with Crippen molar-refractivity contribution in [3.05, 3.63) is 0 Å². The Balaban J connectivity index is 1.09. The first-order chi connectivity index (χ1) is 26.7. The molecule has 56 heavy (non-hydrogen) atoms. The molecule has 324 valence electrons. The number of esters is 1. The second-order valence-electron chi connectivity index (χ2n) is 20.2. The molecule has 5 rings (SSSR count). The molecule has 0 aromatic rings. The molecule has 9 nitrogen and oxygen atoms in total. The van der Waals surface area contributed by atoms with Crippen LogP contribution in [0.1, 0.15) is 183 Å². The van der Waals surface area contributed by atoms with E-state index in [9.17, 15) is 30.0 Å². The lowest BCUT2D eigenvalue weighted by Gasteiger charge is -2.61. The summed E-state index contributed by atoms with van der Waals surface area (Å²) in [5.74, 6) is 1.82. The van der Waals surface area contributed by atoms with Crippen molar-refractivity contribution < 1.29 is 44.2 Å². The summed E-state index contributed by atoms with van der Waals surface area (Å²) in [5, 5.41) is 44.2. The standard InChI is InChI=1S/C47H82O9/c1-7-8-9-10-11-12-13-14-15-16-17-21-38(48)54-29-37-41(50)43(52)44(53)45(56-37)55-32-24-26-47(6)35-25-27-46(5)33(31(4)20-18-19-30(2)3)22-23-34(46)39(35)42(51)40(49)36(47)28-32/h30-37,39,41-45,50-53H,7-29H2,1-6H3/t31-,32?,33-,34?,35?,36?,37-,39?,41+,42?,43+,44+,45+,46-,47-/m1/s1. The minimum atomic E-state index is -1.54. The molecule has 4 N–H and O–H groups in total. The monoisotopic (exact) mass is 791 g/mol. The maximum absolute atomic E-state index is 14.2. The summed E-state index contributed by atoms with van der Waals surface area (Å²) in [7, 11) is 0. The lowest BCUT2D eigenvalue weighted by atomic mass is 9.43. The Labute approximate surface area is 339 Å². The van der Waals surface area contributed by atoms with Crippen LogP contribution in [0.4, 0.5) is 0 Å². The molecule has 0 aromatic heterocycles. The maximum atomic E-state index is 14.2. The summed E-state index contributed by atoms with van der Waals surface area (Å²) >= 11 is 0. The normalized spacial score (nSPS) is 40.2. The molecule has 9 heteroatoms. The fraction of sp³-hybridized carbons (Fsp3) is 0.957. The van der Waals surface area contributed by atoms with E-state index in [1.807, 2.05) is 0 Å². The van der Waals surface area contributed by atoms with Gasteiger partial charge in [-0.15, -0.1) is 0 Å². The van der Waals surface area contributed by atoms with E-state index in [1.165, 1.54) is 77.0 Å². The minimum Gasteiger partial charge on any atom is -0.463 e.